The van der Waals surface area contributed by atoms with E-state index in [1.165, 1.54) is 13.3 Å². The fourth-order valence-electron chi connectivity index (χ4n) is 2.64. The van der Waals surface area contributed by atoms with Crippen LogP contribution in [-0.4, -0.2) is 18.9 Å². The molecule has 0 aliphatic heterocycles. The molecular formula is C16H22N2O2. The van der Waals surface area contributed by atoms with Gasteiger partial charge in [-0.2, -0.15) is 0 Å². The fourth-order valence-corrected chi connectivity index (χ4v) is 2.64. The molecule has 108 valence electrons. The van der Waals surface area contributed by atoms with Gasteiger partial charge in [0.1, 0.15) is 0 Å². The highest BCUT2D eigenvalue weighted by Gasteiger charge is 2.22. The van der Waals surface area contributed by atoms with Crippen LogP contribution in [0, 0.1) is 5.92 Å². The van der Waals surface area contributed by atoms with Crippen molar-refractivity contribution in [3.05, 3.63) is 24.3 Å². The molecule has 2 amide bonds. The predicted octanol–water partition coefficient (Wildman–Crippen LogP) is 3.19. The maximum absolute atomic E-state index is 12.3. The number of carbonyl (C=O) groups is 2. The maximum Gasteiger partial charge on any atom is 0.227 e. The van der Waals surface area contributed by atoms with E-state index in [9.17, 15) is 9.59 Å². The normalized spacial score (nSPS) is 15.7. The number of rotatable bonds is 3. The first kappa shape index (κ1) is 14.6. The average Bonchev–Trinajstić information content (AvgIpc) is 2.48. The summed E-state index contributed by atoms with van der Waals surface area (Å²) in [7, 11) is 1.72. The van der Waals surface area contributed by atoms with Gasteiger partial charge < -0.3 is 10.2 Å². The lowest BCUT2D eigenvalue weighted by molar-refractivity contribution is -0.120. The summed E-state index contributed by atoms with van der Waals surface area (Å²) in [4.78, 5) is 25.3. The van der Waals surface area contributed by atoms with Crippen molar-refractivity contribution in [1.82, 2.24) is 0 Å². The van der Waals surface area contributed by atoms with E-state index in [0.29, 0.717) is 5.69 Å². The van der Waals surface area contributed by atoms with E-state index in [4.69, 9.17) is 0 Å². The lowest BCUT2D eigenvalue weighted by atomic mass is 9.88. The van der Waals surface area contributed by atoms with E-state index < -0.39 is 0 Å². The van der Waals surface area contributed by atoms with Crippen molar-refractivity contribution in [2.45, 2.75) is 39.0 Å². The van der Waals surface area contributed by atoms with Gasteiger partial charge in [-0.1, -0.05) is 31.4 Å². The Morgan fingerprint density at radius 3 is 2.45 bits per heavy atom. The van der Waals surface area contributed by atoms with E-state index in [2.05, 4.69) is 5.32 Å². The van der Waals surface area contributed by atoms with Crippen LogP contribution in [0.4, 0.5) is 11.4 Å². The van der Waals surface area contributed by atoms with Gasteiger partial charge in [-0.3, -0.25) is 9.59 Å². The van der Waals surface area contributed by atoms with Gasteiger partial charge in [-0.05, 0) is 25.0 Å². The third kappa shape index (κ3) is 3.38. The van der Waals surface area contributed by atoms with Crippen molar-refractivity contribution in [3.63, 3.8) is 0 Å². The predicted molar refractivity (Wildman–Crippen MR) is 80.7 cm³/mol. The molecule has 1 saturated carbocycles. The van der Waals surface area contributed by atoms with Crippen LogP contribution in [0.1, 0.15) is 39.0 Å². The van der Waals surface area contributed by atoms with Crippen LogP contribution in [0.5, 0.6) is 0 Å². The van der Waals surface area contributed by atoms with Gasteiger partial charge in [-0.25, -0.2) is 0 Å². The molecule has 4 nitrogen and oxygen atoms in total. The Balaban J connectivity index is 2.12. The highest BCUT2D eigenvalue weighted by molar-refractivity contribution is 6.00. The Kier molecular flexibility index (Phi) is 4.77. The second-order valence-corrected chi connectivity index (χ2v) is 5.42. The average molecular weight is 274 g/mol. The molecule has 0 spiro atoms. The number of para-hydroxylation sites is 2. The second kappa shape index (κ2) is 6.55. The minimum absolute atomic E-state index is 0.0515. The molecule has 1 aliphatic rings. The summed E-state index contributed by atoms with van der Waals surface area (Å²) >= 11 is 0. The molecule has 4 heteroatoms. The van der Waals surface area contributed by atoms with Crippen LogP contribution < -0.4 is 10.2 Å². The molecule has 1 N–H and O–H groups in total. The van der Waals surface area contributed by atoms with Gasteiger partial charge >= 0.3 is 0 Å². The molecule has 0 saturated heterocycles. The first-order chi connectivity index (χ1) is 9.59. The van der Waals surface area contributed by atoms with Gasteiger partial charge in [0.15, 0.2) is 0 Å². The summed E-state index contributed by atoms with van der Waals surface area (Å²) in [6, 6.07) is 7.42. The Morgan fingerprint density at radius 1 is 1.15 bits per heavy atom. The monoisotopic (exact) mass is 274 g/mol. The number of benzene rings is 1. The zero-order chi connectivity index (χ0) is 14.5. The van der Waals surface area contributed by atoms with Gasteiger partial charge in [0, 0.05) is 19.9 Å². The summed E-state index contributed by atoms with van der Waals surface area (Å²) in [5.74, 6) is 0.137. The summed E-state index contributed by atoms with van der Waals surface area (Å²) < 4.78 is 0. The van der Waals surface area contributed by atoms with Crippen molar-refractivity contribution in [2.24, 2.45) is 5.92 Å². The minimum Gasteiger partial charge on any atom is -0.324 e. The second-order valence-electron chi connectivity index (χ2n) is 5.42. The third-order valence-corrected chi connectivity index (χ3v) is 3.97. The molecule has 1 fully saturated rings. The topological polar surface area (TPSA) is 49.4 Å². The molecular weight excluding hydrogens is 252 g/mol. The van der Waals surface area contributed by atoms with Crippen LogP contribution >= 0.6 is 0 Å². The number of nitrogens with one attached hydrogen (secondary N) is 1. The number of hydrogen-bond acceptors (Lipinski definition) is 2. The Bertz CT molecular complexity index is 493. The lowest BCUT2D eigenvalue weighted by Crippen LogP contribution is -2.28. The standard InChI is InChI=1S/C16H22N2O2/c1-12(19)18(2)15-11-7-6-10-14(15)17-16(20)13-8-4-3-5-9-13/h6-7,10-11,13H,3-5,8-9H2,1-2H3,(H,17,20). The number of anilines is 2. The van der Waals surface area contributed by atoms with Crippen LogP contribution in [-0.2, 0) is 9.59 Å². The van der Waals surface area contributed by atoms with Crippen LogP contribution in [0.3, 0.4) is 0 Å². The first-order valence-electron chi connectivity index (χ1n) is 7.24. The van der Waals surface area contributed by atoms with Crippen molar-refractivity contribution in [3.8, 4) is 0 Å². The van der Waals surface area contributed by atoms with E-state index in [0.717, 1.165) is 31.4 Å². The summed E-state index contributed by atoms with van der Waals surface area (Å²) in [5, 5.41) is 2.98. The highest BCUT2D eigenvalue weighted by atomic mass is 16.2. The van der Waals surface area contributed by atoms with Gasteiger partial charge in [0.05, 0.1) is 11.4 Å². The molecule has 2 rings (SSSR count). The van der Waals surface area contributed by atoms with Crippen LogP contribution in [0.25, 0.3) is 0 Å². The molecule has 0 heterocycles. The molecule has 0 atom stereocenters. The molecule has 0 radical (unpaired) electrons. The number of amides is 2. The Morgan fingerprint density at radius 2 is 1.80 bits per heavy atom. The fraction of sp³-hybridized carbons (Fsp3) is 0.500. The van der Waals surface area contributed by atoms with Gasteiger partial charge in [-0.15, -0.1) is 0 Å². The SMILES string of the molecule is CC(=O)N(C)c1ccccc1NC(=O)C1CCCCC1. The van der Waals surface area contributed by atoms with Crippen molar-refractivity contribution in [1.29, 1.82) is 0 Å². The Hall–Kier alpha value is -1.84. The third-order valence-electron chi connectivity index (χ3n) is 3.97. The molecule has 1 aromatic carbocycles. The lowest BCUT2D eigenvalue weighted by Gasteiger charge is -2.23. The minimum atomic E-state index is -0.0515. The van der Waals surface area contributed by atoms with Gasteiger partial charge in [0.25, 0.3) is 0 Å². The van der Waals surface area contributed by atoms with Crippen LogP contribution in [0.15, 0.2) is 24.3 Å². The molecule has 0 bridgehead atoms. The van der Waals surface area contributed by atoms with Crippen LogP contribution in [0.2, 0.25) is 0 Å². The number of carbonyl (C=O) groups excluding carboxylic acids is 2. The van der Waals surface area contributed by atoms with E-state index >= 15 is 0 Å². The van der Waals surface area contributed by atoms with E-state index in [-0.39, 0.29) is 17.7 Å². The quantitative estimate of drug-likeness (QED) is 0.920. The summed E-state index contributed by atoms with van der Waals surface area (Å²) in [5.41, 5.74) is 1.45. The zero-order valence-corrected chi connectivity index (χ0v) is 12.2. The van der Waals surface area contributed by atoms with Crippen molar-refractivity contribution < 1.29 is 9.59 Å². The summed E-state index contributed by atoms with van der Waals surface area (Å²) in [6.07, 6.45) is 5.43. The Labute approximate surface area is 120 Å². The summed E-state index contributed by atoms with van der Waals surface area (Å²) in [6.45, 7) is 1.51. The number of hydrogen-bond donors (Lipinski definition) is 1. The maximum atomic E-state index is 12.3. The highest BCUT2D eigenvalue weighted by Crippen LogP contribution is 2.28. The molecule has 0 aromatic heterocycles. The largest absolute Gasteiger partial charge is 0.324 e. The van der Waals surface area contributed by atoms with E-state index in [1.54, 1.807) is 11.9 Å². The molecule has 0 unspecified atom stereocenters. The van der Waals surface area contributed by atoms with Crippen molar-refractivity contribution in [2.75, 3.05) is 17.3 Å². The zero-order valence-electron chi connectivity index (χ0n) is 12.2. The van der Waals surface area contributed by atoms with Crippen molar-refractivity contribution >= 4 is 23.2 Å². The first-order valence-corrected chi connectivity index (χ1v) is 7.24. The number of nitrogens with zero attached hydrogens (tertiary/aromatic N) is 1. The molecule has 20 heavy (non-hydrogen) atoms. The molecule has 1 aliphatic carbocycles. The van der Waals surface area contributed by atoms with E-state index in [1.807, 2.05) is 24.3 Å². The molecule has 1 aromatic rings. The smallest absolute Gasteiger partial charge is 0.227 e. The van der Waals surface area contributed by atoms with Gasteiger partial charge in [0.2, 0.25) is 11.8 Å².